The highest BCUT2D eigenvalue weighted by Crippen LogP contribution is 2.31. The van der Waals surface area contributed by atoms with Crippen LogP contribution in [0.3, 0.4) is 0 Å². The number of aromatic nitrogens is 2. The van der Waals surface area contributed by atoms with Gasteiger partial charge in [-0.25, -0.2) is 4.68 Å². The lowest BCUT2D eigenvalue weighted by Gasteiger charge is -2.11. The van der Waals surface area contributed by atoms with E-state index in [1.54, 1.807) is 39.5 Å². The van der Waals surface area contributed by atoms with Gasteiger partial charge in [0.1, 0.15) is 12.3 Å². The van der Waals surface area contributed by atoms with Crippen LogP contribution in [0.25, 0.3) is 11.3 Å². The molecule has 3 aromatic rings. The number of carbonyl (C=O) groups is 1. The Kier molecular flexibility index (Phi) is 7.26. The van der Waals surface area contributed by atoms with Gasteiger partial charge in [-0.1, -0.05) is 18.2 Å². The second kappa shape index (κ2) is 10.3. The molecule has 0 unspecified atom stereocenters. The lowest BCUT2D eigenvalue weighted by molar-refractivity contribution is -0.121. The van der Waals surface area contributed by atoms with Gasteiger partial charge in [0, 0.05) is 18.2 Å². The van der Waals surface area contributed by atoms with Crippen molar-refractivity contribution in [2.24, 2.45) is 0 Å². The topological polar surface area (TPSA) is 91.7 Å². The molecule has 0 radical (unpaired) electrons. The average Bonchev–Trinajstić information content (AvgIpc) is 2.80. The fourth-order valence-corrected chi connectivity index (χ4v) is 3.15. The van der Waals surface area contributed by atoms with E-state index in [2.05, 4.69) is 10.4 Å². The number of rotatable bonds is 9. The van der Waals surface area contributed by atoms with Gasteiger partial charge >= 0.3 is 0 Å². The molecule has 0 aliphatic carbocycles. The Morgan fingerprint density at radius 1 is 0.935 bits per heavy atom. The first kappa shape index (κ1) is 21.9. The van der Waals surface area contributed by atoms with Crippen molar-refractivity contribution in [2.75, 3.05) is 27.9 Å². The van der Waals surface area contributed by atoms with Gasteiger partial charge in [-0.3, -0.25) is 9.59 Å². The maximum Gasteiger partial charge on any atom is 0.267 e. The van der Waals surface area contributed by atoms with E-state index in [9.17, 15) is 9.59 Å². The molecule has 2 aromatic carbocycles. The summed E-state index contributed by atoms with van der Waals surface area (Å²) in [6.45, 7) is 0.245. The molecule has 0 bridgehead atoms. The molecule has 8 nitrogen and oxygen atoms in total. The van der Waals surface area contributed by atoms with Crippen LogP contribution >= 0.6 is 0 Å². The van der Waals surface area contributed by atoms with Crippen molar-refractivity contribution in [3.63, 3.8) is 0 Å². The number of methoxy groups -OCH3 is 3. The van der Waals surface area contributed by atoms with E-state index in [4.69, 9.17) is 14.2 Å². The van der Waals surface area contributed by atoms with Crippen LogP contribution in [0.1, 0.15) is 5.56 Å². The highest BCUT2D eigenvalue weighted by Gasteiger charge is 2.11. The fraction of sp³-hybridized carbons (Fsp3) is 0.261. The monoisotopic (exact) mass is 423 g/mol. The summed E-state index contributed by atoms with van der Waals surface area (Å²) in [6.07, 6.45) is 0.615. The van der Waals surface area contributed by atoms with E-state index in [0.717, 1.165) is 21.6 Å². The van der Waals surface area contributed by atoms with Crippen molar-refractivity contribution >= 4 is 5.91 Å². The Balaban J connectivity index is 1.68. The van der Waals surface area contributed by atoms with Crippen molar-refractivity contribution in [3.05, 3.63) is 70.5 Å². The number of hydrogen-bond acceptors (Lipinski definition) is 6. The van der Waals surface area contributed by atoms with Crippen LogP contribution in [-0.2, 0) is 17.8 Å². The van der Waals surface area contributed by atoms with Gasteiger partial charge in [0.25, 0.3) is 5.56 Å². The third-order valence-electron chi connectivity index (χ3n) is 4.75. The van der Waals surface area contributed by atoms with Gasteiger partial charge in [0.05, 0.1) is 27.0 Å². The SMILES string of the molecule is COc1ccccc1CCNC(=O)Cn1nc(-c2ccc(OC)c(OC)c2)ccc1=O. The summed E-state index contributed by atoms with van der Waals surface area (Å²) in [5.41, 5.74) is 1.92. The summed E-state index contributed by atoms with van der Waals surface area (Å²) in [5.74, 6) is 1.62. The number of para-hydroxylation sites is 1. The van der Waals surface area contributed by atoms with Crippen molar-refractivity contribution in [2.45, 2.75) is 13.0 Å². The molecular formula is C23H25N3O5. The molecule has 31 heavy (non-hydrogen) atoms. The third kappa shape index (κ3) is 5.42. The summed E-state index contributed by atoms with van der Waals surface area (Å²) in [4.78, 5) is 24.6. The minimum Gasteiger partial charge on any atom is -0.496 e. The van der Waals surface area contributed by atoms with Crippen LogP contribution in [0.15, 0.2) is 59.4 Å². The molecule has 0 aliphatic rings. The zero-order valence-corrected chi connectivity index (χ0v) is 17.8. The third-order valence-corrected chi connectivity index (χ3v) is 4.75. The predicted molar refractivity (Wildman–Crippen MR) is 117 cm³/mol. The first-order chi connectivity index (χ1) is 15.0. The number of nitrogens with one attached hydrogen (secondary N) is 1. The second-order valence-corrected chi connectivity index (χ2v) is 6.70. The Bertz CT molecular complexity index is 1110. The Morgan fingerprint density at radius 2 is 1.68 bits per heavy atom. The average molecular weight is 423 g/mol. The number of benzene rings is 2. The zero-order valence-electron chi connectivity index (χ0n) is 17.8. The number of ether oxygens (including phenoxy) is 3. The van der Waals surface area contributed by atoms with Gasteiger partial charge in [0.15, 0.2) is 11.5 Å². The maximum atomic E-state index is 12.4. The van der Waals surface area contributed by atoms with Gasteiger partial charge in [-0.2, -0.15) is 5.10 Å². The molecule has 0 spiro atoms. The van der Waals surface area contributed by atoms with Gasteiger partial charge in [-0.15, -0.1) is 0 Å². The number of hydrogen-bond donors (Lipinski definition) is 1. The van der Waals surface area contributed by atoms with Crippen LogP contribution in [0, 0.1) is 0 Å². The van der Waals surface area contributed by atoms with E-state index in [1.165, 1.54) is 6.07 Å². The van der Waals surface area contributed by atoms with Crippen LogP contribution in [0.2, 0.25) is 0 Å². The van der Waals surface area contributed by atoms with Crippen LogP contribution in [0.4, 0.5) is 0 Å². The molecule has 1 heterocycles. The molecule has 1 amide bonds. The van der Waals surface area contributed by atoms with E-state index in [-0.39, 0.29) is 18.0 Å². The van der Waals surface area contributed by atoms with E-state index in [0.29, 0.717) is 30.2 Å². The van der Waals surface area contributed by atoms with Gasteiger partial charge in [0.2, 0.25) is 5.91 Å². The lowest BCUT2D eigenvalue weighted by Crippen LogP contribution is -2.34. The normalized spacial score (nSPS) is 10.4. The minimum absolute atomic E-state index is 0.175. The second-order valence-electron chi connectivity index (χ2n) is 6.70. The molecule has 1 aromatic heterocycles. The molecule has 162 valence electrons. The summed E-state index contributed by atoms with van der Waals surface area (Å²) in [5, 5.41) is 7.15. The standard InChI is InChI=1S/C23H25N3O5/c1-29-19-7-5-4-6-16(19)12-13-24-22(27)15-26-23(28)11-9-18(25-26)17-8-10-20(30-2)21(14-17)31-3/h4-11,14H,12-13,15H2,1-3H3,(H,24,27). The molecule has 0 fully saturated rings. The molecule has 8 heteroatoms. The summed E-state index contributed by atoms with van der Waals surface area (Å²) in [7, 11) is 4.72. The lowest BCUT2D eigenvalue weighted by atomic mass is 10.1. The number of carbonyl (C=O) groups excluding carboxylic acids is 1. The van der Waals surface area contributed by atoms with Gasteiger partial charge in [-0.05, 0) is 42.3 Å². The quantitative estimate of drug-likeness (QED) is 0.568. The Labute approximate surface area is 180 Å². The fourth-order valence-electron chi connectivity index (χ4n) is 3.15. The molecule has 1 N–H and O–H groups in total. The van der Waals surface area contributed by atoms with Crippen molar-refractivity contribution in [1.82, 2.24) is 15.1 Å². The van der Waals surface area contributed by atoms with Crippen molar-refractivity contribution in [3.8, 4) is 28.5 Å². The van der Waals surface area contributed by atoms with Crippen LogP contribution < -0.4 is 25.1 Å². The maximum absolute atomic E-state index is 12.4. The molecule has 0 aliphatic heterocycles. The first-order valence-corrected chi connectivity index (χ1v) is 9.75. The summed E-state index contributed by atoms with van der Waals surface area (Å²) < 4.78 is 17.0. The number of nitrogens with zero attached hydrogens (tertiary/aromatic N) is 2. The molecule has 0 atom stereocenters. The molecular weight excluding hydrogens is 398 g/mol. The highest BCUT2D eigenvalue weighted by molar-refractivity contribution is 5.75. The summed E-state index contributed by atoms with van der Waals surface area (Å²) in [6, 6.07) is 16.0. The van der Waals surface area contributed by atoms with Crippen molar-refractivity contribution < 1.29 is 19.0 Å². The Morgan fingerprint density at radius 3 is 2.42 bits per heavy atom. The largest absolute Gasteiger partial charge is 0.496 e. The zero-order chi connectivity index (χ0) is 22.2. The Hall–Kier alpha value is -3.81. The minimum atomic E-state index is -0.357. The van der Waals surface area contributed by atoms with E-state index >= 15 is 0 Å². The van der Waals surface area contributed by atoms with E-state index in [1.807, 2.05) is 30.3 Å². The van der Waals surface area contributed by atoms with Crippen LogP contribution in [-0.4, -0.2) is 43.6 Å². The van der Waals surface area contributed by atoms with Crippen molar-refractivity contribution in [1.29, 1.82) is 0 Å². The molecule has 3 rings (SSSR count). The predicted octanol–water partition coefficient (Wildman–Crippen LogP) is 2.29. The number of amides is 1. The van der Waals surface area contributed by atoms with E-state index < -0.39 is 0 Å². The molecule has 0 saturated carbocycles. The first-order valence-electron chi connectivity index (χ1n) is 9.75. The highest BCUT2D eigenvalue weighted by atomic mass is 16.5. The summed E-state index contributed by atoms with van der Waals surface area (Å²) >= 11 is 0. The smallest absolute Gasteiger partial charge is 0.267 e. The van der Waals surface area contributed by atoms with Gasteiger partial charge < -0.3 is 19.5 Å². The van der Waals surface area contributed by atoms with Crippen LogP contribution in [0.5, 0.6) is 17.2 Å². The molecule has 0 saturated heterocycles.